The lowest BCUT2D eigenvalue weighted by Crippen LogP contribution is -2.20. The van der Waals surface area contributed by atoms with Crippen molar-refractivity contribution in [3.63, 3.8) is 0 Å². The Kier molecular flexibility index (Phi) is 5.02. The van der Waals surface area contributed by atoms with Crippen LogP contribution in [0.4, 0.5) is 0 Å². The molecule has 0 aliphatic rings. The van der Waals surface area contributed by atoms with E-state index in [0.717, 1.165) is 33.3 Å². The topological polar surface area (TPSA) is 88.8 Å². The van der Waals surface area contributed by atoms with Crippen molar-refractivity contribution in [2.24, 2.45) is 5.73 Å². The molecule has 2 aromatic carbocycles. The SMILES string of the molecule is Cc1sc2nc(S[C@@H](C(N)=O)c3ccccc3)[nH]c(=O)c2c1-c1ccccc1. The van der Waals surface area contributed by atoms with E-state index in [1.165, 1.54) is 11.3 Å². The molecule has 0 bridgehead atoms. The highest BCUT2D eigenvalue weighted by molar-refractivity contribution is 8.00. The van der Waals surface area contributed by atoms with Crippen LogP contribution < -0.4 is 11.3 Å². The number of nitrogens with two attached hydrogens (primary N) is 1. The standard InChI is InChI=1S/C21H17N3O2S2/c1-12-15(13-8-4-2-5-9-13)16-19(26)23-21(24-20(16)27-12)28-17(18(22)25)14-10-6-3-7-11-14/h2-11,17H,1H3,(H2,22,25)(H,23,24,26)/t17-/m1/s1. The molecule has 0 saturated heterocycles. The molecule has 0 spiro atoms. The van der Waals surface area contributed by atoms with E-state index in [2.05, 4.69) is 9.97 Å². The quantitative estimate of drug-likeness (QED) is 0.382. The third kappa shape index (κ3) is 3.46. The zero-order valence-electron chi connectivity index (χ0n) is 15.0. The number of rotatable bonds is 5. The summed E-state index contributed by atoms with van der Waals surface area (Å²) in [5.41, 5.74) is 8.04. The third-order valence-electron chi connectivity index (χ3n) is 4.37. The molecule has 0 aliphatic heterocycles. The molecule has 5 nitrogen and oxygen atoms in total. The van der Waals surface area contributed by atoms with Gasteiger partial charge in [0.2, 0.25) is 5.91 Å². The molecule has 0 saturated carbocycles. The highest BCUT2D eigenvalue weighted by Crippen LogP contribution is 2.38. The van der Waals surface area contributed by atoms with Crippen molar-refractivity contribution < 1.29 is 4.79 Å². The second kappa shape index (κ2) is 7.61. The van der Waals surface area contributed by atoms with Crippen molar-refractivity contribution in [1.82, 2.24) is 9.97 Å². The van der Waals surface area contributed by atoms with Crippen molar-refractivity contribution in [2.75, 3.05) is 0 Å². The summed E-state index contributed by atoms with van der Waals surface area (Å²) >= 11 is 2.63. The Labute approximate surface area is 169 Å². The van der Waals surface area contributed by atoms with Crippen molar-refractivity contribution >= 4 is 39.2 Å². The van der Waals surface area contributed by atoms with E-state index >= 15 is 0 Å². The second-order valence-corrected chi connectivity index (χ2v) is 8.56. The molecule has 28 heavy (non-hydrogen) atoms. The molecule has 0 radical (unpaired) electrons. The van der Waals surface area contributed by atoms with Crippen molar-refractivity contribution in [1.29, 1.82) is 0 Å². The number of hydrogen-bond acceptors (Lipinski definition) is 5. The van der Waals surface area contributed by atoms with Gasteiger partial charge in [-0.3, -0.25) is 9.59 Å². The van der Waals surface area contributed by atoms with Gasteiger partial charge in [-0.2, -0.15) is 0 Å². The number of H-pyrrole nitrogens is 1. The molecule has 4 rings (SSSR count). The number of hydrogen-bond donors (Lipinski definition) is 2. The van der Waals surface area contributed by atoms with Gasteiger partial charge in [-0.15, -0.1) is 11.3 Å². The summed E-state index contributed by atoms with van der Waals surface area (Å²) < 4.78 is 0. The van der Waals surface area contributed by atoms with Gasteiger partial charge in [-0.1, -0.05) is 72.4 Å². The van der Waals surface area contributed by atoms with Crippen LogP contribution >= 0.6 is 23.1 Å². The number of aromatic nitrogens is 2. The Bertz CT molecular complexity index is 1200. The number of thiophene rings is 1. The predicted octanol–water partition coefficient (Wildman–Crippen LogP) is 4.28. The lowest BCUT2D eigenvalue weighted by atomic mass is 10.0. The van der Waals surface area contributed by atoms with Gasteiger partial charge in [0.25, 0.3) is 5.56 Å². The number of primary amides is 1. The van der Waals surface area contributed by atoms with Crippen LogP contribution in [0.2, 0.25) is 0 Å². The number of benzene rings is 2. The number of amides is 1. The highest BCUT2D eigenvalue weighted by atomic mass is 32.2. The van der Waals surface area contributed by atoms with Gasteiger partial charge < -0.3 is 10.7 Å². The van der Waals surface area contributed by atoms with Gasteiger partial charge in [-0.25, -0.2) is 4.98 Å². The molecule has 0 aliphatic carbocycles. The molecule has 3 N–H and O–H groups in total. The monoisotopic (exact) mass is 407 g/mol. The summed E-state index contributed by atoms with van der Waals surface area (Å²) in [6, 6.07) is 19.0. The zero-order valence-corrected chi connectivity index (χ0v) is 16.6. The fraction of sp³-hybridized carbons (Fsp3) is 0.0952. The lowest BCUT2D eigenvalue weighted by Gasteiger charge is -2.12. The highest BCUT2D eigenvalue weighted by Gasteiger charge is 2.22. The Morgan fingerprint density at radius 2 is 1.75 bits per heavy atom. The van der Waals surface area contributed by atoms with Crippen molar-refractivity contribution in [3.05, 3.63) is 81.5 Å². The van der Waals surface area contributed by atoms with Gasteiger partial charge in [0.15, 0.2) is 5.16 Å². The van der Waals surface area contributed by atoms with Crippen LogP contribution in [0.1, 0.15) is 15.7 Å². The number of thioether (sulfide) groups is 1. The molecule has 7 heteroatoms. The number of aromatic amines is 1. The van der Waals surface area contributed by atoms with Crippen molar-refractivity contribution in [3.8, 4) is 11.1 Å². The smallest absolute Gasteiger partial charge is 0.260 e. The Morgan fingerprint density at radius 1 is 1.11 bits per heavy atom. The number of nitrogens with zero attached hydrogens (tertiary/aromatic N) is 1. The first-order valence-electron chi connectivity index (χ1n) is 8.64. The number of carbonyl (C=O) groups is 1. The molecular weight excluding hydrogens is 390 g/mol. The van der Waals surface area contributed by atoms with Gasteiger partial charge in [0.1, 0.15) is 10.1 Å². The number of aryl methyl sites for hydroxylation is 1. The number of fused-ring (bicyclic) bond motifs is 1. The average Bonchev–Trinajstić information content (AvgIpc) is 3.03. The molecule has 140 valence electrons. The van der Waals surface area contributed by atoms with E-state index in [0.29, 0.717) is 15.4 Å². The first-order valence-corrected chi connectivity index (χ1v) is 10.3. The van der Waals surface area contributed by atoms with Gasteiger partial charge in [0, 0.05) is 10.4 Å². The molecule has 1 atom stereocenters. The van der Waals surface area contributed by atoms with Crippen LogP contribution in [0.5, 0.6) is 0 Å². The minimum absolute atomic E-state index is 0.216. The normalized spacial score (nSPS) is 12.2. The Balaban J connectivity index is 1.78. The molecule has 2 aromatic heterocycles. The molecule has 1 amide bonds. The van der Waals surface area contributed by atoms with Crippen LogP contribution in [-0.2, 0) is 4.79 Å². The lowest BCUT2D eigenvalue weighted by molar-refractivity contribution is -0.117. The molecule has 0 unspecified atom stereocenters. The second-order valence-electron chi connectivity index (χ2n) is 6.26. The molecular formula is C21H17N3O2S2. The Hall–Kier alpha value is -2.90. The first kappa shape index (κ1) is 18.5. The van der Waals surface area contributed by atoms with E-state index in [-0.39, 0.29) is 5.56 Å². The summed E-state index contributed by atoms with van der Waals surface area (Å²) in [6.45, 7) is 1.98. The largest absolute Gasteiger partial charge is 0.368 e. The van der Waals surface area contributed by atoms with Gasteiger partial charge in [-0.05, 0) is 18.1 Å². The van der Waals surface area contributed by atoms with E-state index in [1.54, 1.807) is 0 Å². The fourth-order valence-corrected chi connectivity index (χ4v) is 5.17. The summed E-state index contributed by atoms with van der Waals surface area (Å²) in [7, 11) is 0. The van der Waals surface area contributed by atoms with Crippen LogP contribution in [0.15, 0.2) is 70.6 Å². The maximum absolute atomic E-state index is 12.9. The number of nitrogens with one attached hydrogen (secondary N) is 1. The van der Waals surface area contributed by atoms with Crippen molar-refractivity contribution in [2.45, 2.75) is 17.3 Å². The van der Waals surface area contributed by atoms with E-state index in [1.807, 2.05) is 67.6 Å². The van der Waals surface area contributed by atoms with Crippen LogP contribution in [0, 0.1) is 6.92 Å². The van der Waals surface area contributed by atoms with Gasteiger partial charge >= 0.3 is 0 Å². The van der Waals surface area contributed by atoms with Crippen LogP contribution in [0.3, 0.4) is 0 Å². The minimum Gasteiger partial charge on any atom is -0.368 e. The fourth-order valence-electron chi connectivity index (χ4n) is 3.14. The van der Waals surface area contributed by atoms with E-state index in [4.69, 9.17) is 5.73 Å². The average molecular weight is 408 g/mol. The zero-order chi connectivity index (χ0) is 19.7. The van der Waals surface area contributed by atoms with E-state index in [9.17, 15) is 9.59 Å². The number of carbonyl (C=O) groups excluding carboxylic acids is 1. The van der Waals surface area contributed by atoms with Crippen LogP contribution in [0.25, 0.3) is 21.3 Å². The van der Waals surface area contributed by atoms with E-state index < -0.39 is 11.2 Å². The predicted molar refractivity (Wildman–Crippen MR) is 115 cm³/mol. The summed E-state index contributed by atoms with van der Waals surface area (Å²) in [5.74, 6) is -0.480. The first-order chi connectivity index (χ1) is 13.5. The molecule has 2 heterocycles. The summed E-state index contributed by atoms with van der Waals surface area (Å²) in [5, 5.41) is 0.329. The molecule has 4 aromatic rings. The maximum Gasteiger partial charge on any atom is 0.260 e. The maximum atomic E-state index is 12.9. The summed E-state index contributed by atoms with van der Waals surface area (Å²) in [4.78, 5) is 34.0. The molecule has 0 fully saturated rings. The third-order valence-corrected chi connectivity index (χ3v) is 6.52. The Morgan fingerprint density at radius 3 is 2.39 bits per heavy atom. The minimum atomic E-state index is -0.628. The van der Waals surface area contributed by atoms with Gasteiger partial charge in [0.05, 0.1) is 5.39 Å². The van der Waals surface area contributed by atoms with Crippen LogP contribution in [-0.4, -0.2) is 15.9 Å². The summed E-state index contributed by atoms with van der Waals surface area (Å²) in [6.07, 6.45) is 0.